The van der Waals surface area contributed by atoms with E-state index in [0.717, 1.165) is 22.5 Å². The molecule has 4 aromatic rings. The van der Waals surface area contributed by atoms with Crippen LogP contribution in [0.3, 0.4) is 0 Å². The van der Waals surface area contributed by atoms with E-state index in [1.54, 1.807) is 0 Å². The summed E-state index contributed by atoms with van der Waals surface area (Å²) in [4.78, 5) is 44.9. The van der Waals surface area contributed by atoms with Crippen molar-refractivity contribution >= 4 is 34.1 Å². The van der Waals surface area contributed by atoms with Crippen LogP contribution in [0.15, 0.2) is 44.4 Å². The number of nitrogens with one attached hydrogen (secondary N) is 3. The number of hydrogen-bond acceptors (Lipinski definition) is 8. The van der Waals surface area contributed by atoms with Crippen LogP contribution in [-0.4, -0.2) is 41.4 Å². The van der Waals surface area contributed by atoms with Gasteiger partial charge in [0.1, 0.15) is 5.82 Å². The lowest BCUT2D eigenvalue weighted by Gasteiger charge is -2.13. The quantitative estimate of drug-likeness (QED) is 0.343. The van der Waals surface area contributed by atoms with E-state index in [2.05, 4.69) is 30.5 Å². The molecule has 0 radical (unpaired) electrons. The lowest BCUT2D eigenvalue weighted by molar-refractivity contribution is -0.113. The third kappa shape index (κ3) is 5.46. The van der Waals surface area contributed by atoms with Crippen molar-refractivity contribution in [2.75, 3.05) is 11.1 Å². The molecule has 0 unspecified atom stereocenters. The molecular weight excluding hydrogens is 462 g/mol. The molecule has 0 bridgehead atoms. The minimum absolute atomic E-state index is 0.115. The number of aryl methyl sites for hydroxylation is 3. The second kappa shape index (κ2) is 9.55. The molecule has 0 saturated heterocycles. The van der Waals surface area contributed by atoms with E-state index in [-0.39, 0.29) is 18.1 Å². The number of aromatic nitrogens is 6. The van der Waals surface area contributed by atoms with Gasteiger partial charge in [-0.15, -0.1) is 21.5 Å². The van der Waals surface area contributed by atoms with Crippen LogP contribution in [0.5, 0.6) is 0 Å². The van der Waals surface area contributed by atoms with Crippen LogP contribution in [0.2, 0.25) is 0 Å². The Morgan fingerprint density at radius 3 is 2.70 bits per heavy atom. The Bertz CT molecular complexity index is 1410. The number of benzene rings is 1. The number of nitrogens with zero attached hydrogens (tertiary/aromatic N) is 4. The molecule has 0 fully saturated rings. The fraction of sp³-hybridized carbons (Fsp3) is 0.238. The van der Waals surface area contributed by atoms with Gasteiger partial charge in [-0.3, -0.25) is 19.1 Å². The zero-order valence-electron chi connectivity index (χ0n) is 18.1. The fourth-order valence-electron chi connectivity index (χ4n) is 3.19. The molecular formula is C21H21N7O3S2. The lowest BCUT2D eigenvalue weighted by Crippen LogP contribution is -2.23. The van der Waals surface area contributed by atoms with Crippen LogP contribution in [0, 0.1) is 20.8 Å². The SMILES string of the molecule is Cc1ccc(C)c(-n2c(Cc3cc(=O)[nH]c(=O)[nH]3)nnc2SCC(=O)Nc2nc(C)cs2)c1. The average molecular weight is 484 g/mol. The van der Waals surface area contributed by atoms with Gasteiger partial charge in [-0.1, -0.05) is 23.9 Å². The van der Waals surface area contributed by atoms with Crippen molar-refractivity contribution in [2.24, 2.45) is 0 Å². The van der Waals surface area contributed by atoms with E-state index in [1.807, 2.05) is 48.9 Å². The normalized spacial score (nSPS) is 11.0. The van der Waals surface area contributed by atoms with Crippen LogP contribution in [-0.2, 0) is 11.2 Å². The summed E-state index contributed by atoms with van der Waals surface area (Å²) in [5.41, 5.74) is 3.09. The van der Waals surface area contributed by atoms with Gasteiger partial charge in [-0.05, 0) is 38.0 Å². The third-order valence-corrected chi connectivity index (χ3v) is 6.47. The maximum Gasteiger partial charge on any atom is 0.325 e. The topological polar surface area (TPSA) is 138 Å². The first kappa shape index (κ1) is 22.7. The van der Waals surface area contributed by atoms with Crippen molar-refractivity contribution < 1.29 is 4.79 Å². The van der Waals surface area contributed by atoms with E-state index >= 15 is 0 Å². The van der Waals surface area contributed by atoms with Crippen molar-refractivity contribution in [3.8, 4) is 5.69 Å². The third-order valence-electron chi connectivity index (χ3n) is 4.67. The molecule has 0 aliphatic carbocycles. The molecule has 33 heavy (non-hydrogen) atoms. The Morgan fingerprint density at radius 2 is 1.97 bits per heavy atom. The molecule has 0 atom stereocenters. The predicted octanol–water partition coefficient (Wildman–Crippen LogP) is 2.35. The summed E-state index contributed by atoms with van der Waals surface area (Å²) < 4.78 is 1.85. The molecule has 1 amide bonds. The van der Waals surface area contributed by atoms with Crippen LogP contribution in [0.4, 0.5) is 5.13 Å². The maximum absolute atomic E-state index is 12.4. The Balaban J connectivity index is 1.65. The highest BCUT2D eigenvalue weighted by Gasteiger charge is 2.19. The van der Waals surface area contributed by atoms with Gasteiger partial charge >= 0.3 is 5.69 Å². The molecule has 12 heteroatoms. The number of hydrogen-bond donors (Lipinski definition) is 3. The van der Waals surface area contributed by atoms with Crippen molar-refractivity contribution in [1.82, 2.24) is 29.7 Å². The highest BCUT2D eigenvalue weighted by Crippen LogP contribution is 2.26. The van der Waals surface area contributed by atoms with Crippen LogP contribution in [0.1, 0.15) is 28.3 Å². The van der Waals surface area contributed by atoms with Crippen molar-refractivity contribution in [3.05, 3.63) is 78.8 Å². The molecule has 3 N–H and O–H groups in total. The molecule has 170 valence electrons. The number of amides is 1. The monoisotopic (exact) mass is 483 g/mol. The standard InChI is InChI=1S/C21H21N7O3S2/c1-11-4-5-12(2)15(6-11)28-16(7-14-8-17(29)24-19(31)23-14)26-27-21(28)33-10-18(30)25-20-22-13(3)9-32-20/h4-6,8-9H,7,10H2,1-3H3,(H,22,25,30)(H2,23,24,29,31). The van der Waals surface area contributed by atoms with E-state index in [1.165, 1.54) is 29.2 Å². The minimum atomic E-state index is -0.584. The van der Waals surface area contributed by atoms with Gasteiger partial charge in [0.15, 0.2) is 10.3 Å². The maximum atomic E-state index is 12.4. The largest absolute Gasteiger partial charge is 0.325 e. The first-order chi connectivity index (χ1) is 15.8. The van der Waals surface area contributed by atoms with E-state index in [0.29, 0.717) is 21.8 Å². The highest BCUT2D eigenvalue weighted by atomic mass is 32.2. The number of rotatable bonds is 7. The van der Waals surface area contributed by atoms with Gasteiger partial charge in [-0.25, -0.2) is 9.78 Å². The second-order valence-corrected chi connectivity index (χ2v) is 9.25. The molecule has 3 heterocycles. The summed E-state index contributed by atoms with van der Waals surface area (Å²) in [5.74, 6) is 0.442. The zero-order valence-corrected chi connectivity index (χ0v) is 19.8. The molecule has 0 aliphatic rings. The Hall–Kier alpha value is -3.51. The number of thiazole rings is 1. The van der Waals surface area contributed by atoms with E-state index in [4.69, 9.17) is 0 Å². The summed E-state index contributed by atoms with van der Waals surface area (Å²) >= 11 is 2.61. The summed E-state index contributed by atoms with van der Waals surface area (Å²) in [7, 11) is 0. The fourth-order valence-corrected chi connectivity index (χ4v) is 4.66. The molecule has 0 saturated carbocycles. The molecule has 10 nitrogen and oxygen atoms in total. The van der Waals surface area contributed by atoms with Crippen LogP contribution >= 0.6 is 23.1 Å². The number of H-pyrrole nitrogens is 2. The van der Waals surface area contributed by atoms with Crippen LogP contribution < -0.4 is 16.6 Å². The number of carbonyl (C=O) groups is 1. The van der Waals surface area contributed by atoms with Gasteiger partial charge in [-0.2, -0.15) is 0 Å². The highest BCUT2D eigenvalue weighted by molar-refractivity contribution is 7.99. The number of aromatic amines is 2. The van der Waals surface area contributed by atoms with E-state index in [9.17, 15) is 14.4 Å². The Morgan fingerprint density at radius 1 is 1.15 bits per heavy atom. The molecule has 1 aromatic carbocycles. The Labute approximate surface area is 196 Å². The summed E-state index contributed by atoms with van der Waals surface area (Å²) in [5, 5.41) is 14.3. The first-order valence-electron chi connectivity index (χ1n) is 9.97. The van der Waals surface area contributed by atoms with Crippen molar-refractivity contribution in [1.29, 1.82) is 0 Å². The number of thioether (sulfide) groups is 1. The smallest absolute Gasteiger partial charge is 0.311 e. The molecule has 3 aromatic heterocycles. The average Bonchev–Trinajstić information content (AvgIpc) is 3.33. The minimum Gasteiger partial charge on any atom is -0.311 e. The first-order valence-corrected chi connectivity index (χ1v) is 11.8. The molecule has 4 rings (SSSR count). The van der Waals surface area contributed by atoms with Gasteiger partial charge in [0.2, 0.25) is 5.91 Å². The van der Waals surface area contributed by atoms with Crippen molar-refractivity contribution in [3.63, 3.8) is 0 Å². The second-order valence-electron chi connectivity index (χ2n) is 7.44. The number of carbonyl (C=O) groups excluding carboxylic acids is 1. The van der Waals surface area contributed by atoms with Gasteiger partial charge in [0.05, 0.1) is 17.1 Å². The molecule has 0 aliphatic heterocycles. The Kier molecular flexibility index (Phi) is 6.56. The predicted molar refractivity (Wildman–Crippen MR) is 128 cm³/mol. The van der Waals surface area contributed by atoms with Gasteiger partial charge < -0.3 is 10.3 Å². The summed E-state index contributed by atoms with van der Waals surface area (Å²) in [6, 6.07) is 7.33. The summed E-state index contributed by atoms with van der Waals surface area (Å²) in [6.07, 6.45) is 0.185. The zero-order chi connectivity index (χ0) is 23.5. The summed E-state index contributed by atoms with van der Waals surface area (Å²) in [6.45, 7) is 5.82. The van der Waals surface area contributed by atoms with Crippen molar-refractivity contribution in [2.45, 2.75) is 32.3 Å². The van der Waals surface area contributed by atoms with E-state index < -0.39 is 11.2 Å². The van der Waals surface area contributed by atoms with Gasteiger partial charge in [0, 0.05) is 23.6 Å². The van der Waals surface area contributed by atoms with Crippen LogP contribution in [0.25, 0.3) is 5.69 Å². The molecule has 0 spiro atoms. The number of anilines is 1. The van der Waals surface area contributed by atoms with Gasteiger partial charge in [0.25, 0.3) is 5.56 Å². The lowest BCUT2D eigenvalue weighted by atomic mass is 10.1.